The minimum Gasteiger partial charge on any atom is -0.354 e. The molecule has 3 heterocycles. The summed E-state index contributed by atoms with van der Waals surface area (Å²) in [7, 11) is 0. The molecule has 0 aliphatic carbocycles. The highest BCUT2D eigenvalue weighted by Crippen LogP contribution is 2.21. The van der Waals surface area contributed by atoms with Crippen molar-refractivity contribution in [2.45, 2.75) is 19.4 Å². The number of hydrogen-bond donors (Lipinski definition) is 1. The zero-order chi connectivity index (χ0) is 11.7. The summed E-state index contributed by atoms with van der Waals surface area (Å²) < 4.78 is 2.17. The molecule has 1 aliphatic rings. The zero-order valence-electron chi connectivity index (χ0n) is 10.1. The largest absolute Gasteiger partial charge is 0.354 e. The van der Waals surface area contributed by atoms with E-state index in [1.807, 2.05) is 18.5 Å². The second kappa shape index (κ2) is 4.37. The summed E-state index contributed by atoms with van der Waals surface area (Å²) >= 11 is 0. The van der Waals surface area contributed by atoms with Gasteiger partial charge < -0.3 is 10.2 Å². The smallest absolute Gasteiger partial charge is 0.138 e. The molecule has 0 amide bonds. The van der Waals surface area contributed by atoms with Crippen molar-refractivity contribution < 1.29 is 0 Å². The van der Waals surface area contributed by atoms with Gasteiger partial charge in [-0.25, -0.2) is 4.98 Å². The number of nitrogens with zero attached hydrogens (tertiary/aromatic N) is 3. The van der Waals surface area contributed by atoms with Crippen molar-refractivity contribution in [3.63, 3.8) is 0 Å². The summed E-state index contributed by atoms with van der Waals surface area (Å²) in [6.07, 6.45) is 5.12. The fraction of sp³-hybridized carbons (Fsp3) is 0.462. The van der Waals surface area contributed by atoms with Crippen LogP contribution in [0.25, 0.3) is 5.65 Å². The quantitative estimate of drug-likeness (QED) is 0.867. The molecule has 2 aromatic rings. The molecule has 1 saturated heterocycles. The molecular weight excluding hydrogens is 212 g/mol. The lowest BCUT2D eigenvalue weighted by molar-refractivity contribution is 0.637. The highest BCUT2D eigenvalue weighted by atomic mass is 15.3. The van der Waals surface area contributed by atoms with Crippen LogP contribution in [0.4, 0.5) is 5.82 Å². The van der Waals surface area contributed by atoms with E-state index >= 15 is 0 Å². The number of likely N-dealkylation sites (N-methyl/N-ethyl adjacent to an activating group) is 1. The van der Waals surface area contributed by atoms with E-state index in [1.54, 1.807) is 0 Å². The van der Waals surface area contributed by atoms with Crippen LogP contribution in [0.5, 0.6) is 0 Å². The van der Waals surface area contributed by atoms with Crippen LogP contribution in [-0.2, 0) is 0 Å². The van der Waals surface area contributed by atoms with E-state index in [1.165, 1.54) is 12.2 Å². The number of rotatable bonds is 3. The zero-order valence-corrected chi connectivity index (χ0v) is 10.1. The first kappa shape index (κ1) is 10.6. The molecule has 1 atom stereocenters. The lowest BCUT2D eigenvalue weighted by Gasteiger charge is -2.29. The standard InChI is InChI=1S/C13H18N4/c1-2-16(11-6-7-14-10-11)13-5-3-4-12-15-8-9-17(12)13/h3-5,8-9,11,14H,2,6-7,10H2,1H3. The third-order valence-electron chi connectivity index (χ3n) is 3.52. The van der Waals surface area contributed by atoms with E-state index in [2.05, 4.69) is 38.7 Å². The predicted molar refractivity (Wildman–Crippen MR) is 69.5 cm³/mol. The molecule has 17 heavy (non-hydrogen) atoms. The molecule has 1 unspecified atom stereocenters. The summed E-state index contributed by atoms with van der Waals surface area (Å²) in [5.41, 5.74) is 1.02. The summed E-state index contributed by atoms with van der Waals surface area (Å²) in [5.74, 6) is 1.25. The summed E-state index contributed by atoms with van der Waals surface area (Å²) in [4.78, 5) is 6.81. The lowest BCUT2D eigenvalue weighted by atomic mass is 10.2. The van der Waals surface area contributed by atoms with Crippen LogP contribution in [0.15, 0.2) is 30.6 Å². The predicted octanol–water partition coefficient (Wildman–Crippen LogP) is 1.52. The summed E-state index contributed by atoms with van der Waals surface area (Å²) in [6.45, 7) is 5.46. The van der Waals surface area contributed by atoms with Crippen molar-refractivity contribution >= 4 is 11.5 Å². The first-order valence-corrected chi connectivity index (χ1v) is 6.29. The average molecular weight is 230 g/mol. The fourth-order valence-corrected chi connectivity index (χ4v) is 2.68. The van der Waals surface area contributed by atoms with Gasteiger partial charge in [0.05, 0.1) is 0 Å². The second-order valence-electron chi connectivity index (χ2n) is 4.47. The maximum atomic E-state index is 4.34. The van der Waals surface area contributed by atoms with E-state index in [9.17, 15) is 0 Å². The Labute approximate surface area is 101 Å². The maximum Gasteiger partial charge on any atom is 0.138 e. The molecule has 0 bridgehead atoms. The Kier molecular flexibility index (Phi) is 2.73. The molecule has 1 aliphatic heterocycles. The van der Waals surface area contributed by atoms with Crippen molar-refractivity contribution in [2.75, 3.05) is 24.5 Å². The molecule has 3 rings (SSSR count). The van der Waals surface area contributed by atoms with E-state index in [0.717, 1.165) is 25.3 Å². The molecule has 90 valence electrons. The Morgan fingerprint density at radius 2 is 2.47 bits per heavy atom. The van der Waals surface area contributed by atoms with Crippen LogP contribution in [0.1, 0.15) is 13.3 Å². The monoisotopic (exact) mass is 230 g/mol. The molecular formula is C13H18N4. The highest BCUT2D eigenvalue weighted by molar-refractivity contribution is 5.52. The Morgan fingerprint density at radius 1 is 1.53 bits per heavy atom. The number of hydrogen-bond acceptors (Lipinski definition) is 3. The molecule has 0 radical (unpaired) electrons. The van der Waals surface area contributed by atoms with E-state index < -0.39 is 0 Å². The molecule has 0 aromatic carbocycles. The third-order valence-corrected chi connectivity index (χ3v) is 3.52. The average Bonchev–Trinajstić information content (AvgIpc) is 3.00. The number of nitrogens with one attached hydrogen (secondary N) is 1. The summed E-state index contributed by atoms with van der Waals surface area (Å²) in [6, 6.07) is 6.91. The Hall–Kier alpha value is -1.55. The highest BCUT2D eigenvalue weighted by Gasteiger charge is 2.22. The topological polar surface area (TPSA) is 32.6 Å². The SMILES string of the molecule is CCN(c1cccc2nccn12)C1CCNC1. The van der Waals surface area contributed by atoms with Gasteiger partial charge in [0, 0.05) is 31.5 Å². The number of aromatic nitrogens is 2. The number of pyridine rings is 1. The van der Waals surface area contributed by atoms with Gasteiger partial charge in [-0.3, -0.25) is 4.40 Å². The minimum atomic E-state index is 0.605. The van der Waals surface area contributed by atoms with Crippen molar-refractivity contribution in [2.24, 2.45) is 0 Å². The fourth-order valence-electron chi connectivity index (χ4n) is 2.68. The summed E-state index contributed by atoms with van der Waals surface area (Å²) in [5, 5.41) is 3.43. The third kappa shape index (κ3) is 1.78. The second-order valence-corrected chi connectivity index (χ2v) is 4.47. The maximum absolute atomic E-state index is 4.34. The first-order chi connectivity index (χ1) is 8.40. The molecule has 4 nitrogen and oxygen atoms in total. The number of imidazole rings is 1. The van der Waals surface area contributed by atoms with E-state index in [0.29, 0.717) is 6.04 Å². The Bertz CT molecular complexity index is 499. The lowest BCUT2D eigenvalue weighted by Crippen LogP contribution is -2.37. The van der Waals surface area contributed by atoms with Crippen LogP contribution in [0.3, 0.4) is 0 Å². The van der Waals surface area contributed by atoms with Crippen LogP contribution in [0.2, 0.25) is 0 Å². The number of anilines is 1. The van der Waals surface area contributed by atoms with Gasteiger partial charge in [-0.15, -0.1) is 0 Å². The van der Waals surface area contributed by atoms with Gasteiger partial charge in [0.25, 0.3) is 0 Å². The normalized spacial score (nSPS) is 19.9. The van der Waals surface area contributed by atoms with Crippen LogP contribution >= 0.6 is 0 Å². The van der Waals surface area contributed by atoms with Crippen LogP contribution < -0.4 is 10.2 Å². The van der Waals surface area contributed by atoms with Gasteiger partial charge >= 0.3 is 0 Å². The minimum absolute atomic E-state index is 0.605. The molecule has 1 N–H and O–H groups in total. The molecule has 4 heteroatoms. The van der Waals surface area contributed by atoms with Crippen molar-refractivity contribution in [1.82, 2.24) is 14.7 Å². The van der Waals surface area contributed by atoms with Gasteiger partial charge in [0.1, 0.15) is 11.5 Å². The van der Waals surface area contributed by atoms with Gasteiger partial charge in [0.15, 0.2) is 0 Å². The van der Waals surface area contributed by atoms with Crippen molar-refractivity contribution in [3.8, 4) is 0 Å². The van der Waals surface area contributed by atoms with Gasteiger partial charge in [-0.05, 0) is 32.0 Å². The molecule has 0 saturated carbocycles. The molecule has 1 fully saturated rings. The Morgan fingerprint density at radius 3 is 3.24 bits per heavy atom. The van der Waals surface area contributed by atoms with Gasteiger partial charge in [0.2, 0.25) is 0 Å². The molecule has 2 aromatic heterocycles. The molecule has 0 spiro atoms. The van der Waals surface area contributed by atoms with E-state index in [-0.39, 0.29) is 0 Å². The van der Waals surface area contributed by atoms with Crippen LogP contribution in [0, 0.1) is 0 Å². The van der Waals surface area contributed by atoms with Gasteiger partial charge in [-0.1, -0.05) is 6.07 Å². The number of fused-ring (bicyclic) bond motifs is 1. The van der Waals surface area contributed by atoms with Gasteiger partial charge in [-0.2, -0.15) is 0 Å². The Balaban J connectivity index is 2.02. The van der Waals surface area contributed by atoms with Crippen LogP contribution in [-0.4, -0.2) is 35.1 Å². The first-order valence-electron chi connectivity index (χ1n) is 6.29. The van der Waals surface area contributed by atoms with Crippen molar-refractivity contribution in [1.29, 1.82) is 0 Å². The van der Waals surface area contributed by atoms with E-state index in [4.69, 9.17) is 0 Å². The van der Waals surface area contributed by atoms with Crippen molar-refractivity contribution in [3.05, 3.63) is 30.6 Å².